The Morgan fingerprint density at radius 3 is 2.37 bits per heavy atom. The maximum Gasteiger partial charge on any atom is 0.416 e. The molecule has 2 amide bonds. The summed E-state index contributed by atoms with van der Waals surface area (Å²) in [7, 11) is 0. The lowest BCUT2D eigenvalue weighted by molar-refractivity contribution is -0.155. The van der Waals surface area contributed by atoms with E-state index in [0.717, 1.165) is 23.1 Å². The lowest BCUT2D eigenvalue weighted by atomic mass is 9.85. The van der Waals surface area contributed by atoms with Gasteiger partial charge in [0.1, 0.15) is 12.1 Å². The number of rotatable bonds is 3. The minimum absolute atomic E-state index is 0.0469. The number of pyridine rings is 1. The fourth-order valence-electron chi connectivity index (χ4n) is 3.60. The van der Waals surface area contributed by atoms with E-state index in [-0.39, 0.29) is 30.5 Å². The highest BCUT2D eigenvalue weighted by Crippen LogP contribution is 2.34. The molecule has 2 fully saturated rings. The van der Waals surface area contributed by atoms with Crippen molar-refractivity contribution in [2.45, 2.75) is 18.3 Å². The largest absolute Gasteiger partial charge is 0.416 e. The molecule has 158 valence electrons. The molecule has 2 aromatic rings. The average Bonchev–Trinajstić information content (AvgIpc) is 2.63. The zero-order valence-electron chi connectivity index (χ0n) is 15.3. The van der Waals surface area contributed by atoms with Crippen molar-refractivity contribution < 1.29 is 27.2 Å². The quantitative estimate of drug-likeness (QED) is 0.742. The molecule has 1 spiro atoms. The molecule has 2 saturated heterocycles. The van der Waals surface area contributed by atoms with Crippen LogP contribution >= 0.6 is 11.6 Å². The van der Waals surface area contributed by atoms with Gasteiger partial charge in [0.05, 0.1) is 10.6 Å². The van der Waals surface area contributed by atoms with Crippen molar-refractivity contribution in [3.63, 3.8) is 0 Å². The Hall–Kier alpha value is -2.72. The third kappa shape index (κ3) is 3.39. The Morgan fingerprint density at radius 1 is 1.17 bits per heavy atom. The number of hydrogen-bond donors (Lipinski definition) is 1. The molecule has 0 radical (unpaired) electrons. The molecule has 1 aromatic carbocycles. The molecule has 0 saturated carbocycles. The molecule has 11 heteroatoms. The van der Waals surface area contributed by atoms with E-state index >= 15 is 0 Å². The van der Waals surface area contributed by atoms with Gasteiger partial charge in [0.15, 0.2) is 11.6 Å². The number of alkyl halides is 3. The van der Waals surface area contributed by atoms with Crippen molar-refractivity contribution in [3.05, 3.63) is 58.5 Å². The van der Waals surface area contributed by atoms with Crippen LogP contribution < -0.4 is 10.2 Å². The van der Waals surface area contributed by atoms with Gasteiger partial charge in [-0.3, -0.25) is 14.5 Å². The highest BCUT2D eigenvalue weighted by molar-refractivity contribution is 6.30. The number of aromatic nitrogens is 1. The molecular formula is C19H15ClF4N4O2. The summed E-state index contributed by atoms with van der Waals surface area (Å²) < 4.78 is 52.6. The van der Waals surface area contributed by atoms with Crippen LogP contribution in [0.3, 0.4) is 0 Å². The van der Waals surface area contributed by atoms with Crippen LogP contribution in [0.4, 0.5) is 23.4 Å². The monoisotopic (exact) mass is 442 g/mol. The molecule has 30 heavy (non-hydrogen) atoms. The molecule has 1 N–H and O–H groups in total. The smallest absolute Gasteiger partial charge is 0.320 e. The Kier molecular flexibility index (Phi) is 4.94. The maximum atomic E-state index is 14.3. The number of amides is 2. The molecule has 6 nitrogen and oxygen atoms in total. The predicted molar refractivity (Wildman–Crippen MR) is 99.2 cm³/mol. The van der Waals surface area contributed by atoms with Crippen molar-refractivity contribution in [2.75, 3.05) is 24.5 Å². The number of nitrogens with zero attached hydrogens (tertiary/aromatic N) is 3. The second-order valence-electron chi connectivity index (χ2n) is 7.16. The Balaban J connectivity index is 1.62. The van der Waals surface area contributed by atoms with Gasteiger partial charge in [0.25, 0.3) is 5.91 Å². The van der Waals surface area contributed by atoms with Gasteiger partial charge in [-0.1, -0.05) is 23.7 Å². The van der Waals surface area contributed by atoms with Crippen LogP contribution in [0.1, 0.15) is 11.1 Å². The second kappa shape index (κ2) is 7.21. The molecule has 4 rings (SSSR count). The van der Waals surface area contributed by atoms with E-state index in [1.807, 2.05) is 0 Å². The fraction of sp³-hybridized carbons (Fsp3) is 0.316. The van der Waals surface area contributed by atoms with Gasteiger partial charge in [0.2, 0.25) is 5.91 Å². The number of piperazine rings is 1. The fourth-order valence-corrected chi connectivity index (χ4v) is 3.74. The number of benzene rings is 1. The van der Waals surface area contributed by atoms with E-state index in [0.29, 0.717) is 5.56 Å². The summed E-state index contributed by atoms with van der Waals surface area (Å²) in [6.07, 6.45) is -3.29. The first kappa shape index (κ1) is 20.5. The van der Waals surface area contributed by atoms with Gasteiger partial charge >= 0.3 is 6.18 Å². The Morgan fingerprint density at radius 2 is 1.83 bits per heavy atom. The SMILES string of the molecule is O=C1CN(c2ncc(Cl)cc2F)C(=O)C2(CNC2)N1Cc1ccc(C(F)(F)F)cc1. The molecule has 2 aliphatic heterocycles. The molecular weight excluding hydrogens is 428 g/mol. The van der Waals surface area contributed by atoms with Crippen molar-refractivity contribution in [1.82, 2.24) is 15.2 Å². The van der Waals surface area contributed by atoms with E-state index in [1.54, 1.807) is 0 Å². The first-order valence-electron chi connectivity index (χ1n) is 8.92. The van der Waals surface area contributed by atoms with Crippen LogP contribution in [0.5, 0.6) is 0 Å². The number of carbonyl (C=O) groups excluding carboxylic acids is 2. The van der Waals surface area contributed by atoms with E-state index < -0.39 is 41.5 Å². The number of nitrogens with one attached hydrogen (secondary N) is 1. The lowest BCUT2D eigenvalue weighted by Crippen LogP contribution is -2.80. The van der Waals surface area contributed by atoms with Crippen molar-refractivity contribution in [3.8, 4) is 0 Å². The third-order valence-corrected chi connectivity index (χ3v) is 5.46. The van der Waals surface area contributed by atoms with Crippen LogP contribution in [0.15, 0.2) is 36.5 Å². The maximum absolute atomic E-state index is 14.3. The topological polar surface area (TPSA) is 65.5 Å². The minimum Gasteiger partial charge on any atom is -0.320 e. The van der Waals surface area contributed by atoms with Crippen molar-refractivity contribution in [1.29, 1.82) is 0 Å². The summed E-state index contributed by atoms with van der Waals surface area (Å²) in [6, 6.07) is 5.40. The van der Waals surface area contributed by atoms with Gasteiger partial charge in [-0.2, -0.15) is 13.2 Å². The van der Waals surface area contributed by atoms with E-state index in [1.165, 1.54) is 23.2 Å². The summed E-state index contributed by atoms with van der Waals surface area (Å²) in [6.45, 7) is -0.199. The molecule has 1 aromatic heterocycles. The number of anilines is 1. The molecule has 0 bridgehead atoms. The van der Waals surface area contributed by atoms with Crippen LogP contribution in [-0.4, -0.2) is 46.9 Å². The standard InChI is InChI=1S/C19H15ClF4N4O2/c20-13-5-14(21)16(26-6-13)27-8-15(29)28(18(17(27)30)9-25-10-18)7-11-1-3-12(4-2-11)19(22,23)24/h1-6,25H,7-10H2. The second-order valence-corrected chi connectivity index (χ2v) is 7.60. The molecule has 0 unspecified atom stereocenters. The molecule has 3 heterocycles. The van der Waals surface area contributed by atoms with Gasteiger partial charge in [-0.15, -0.1) is 0 Å². The normalized spacial score (nSPS) is 18.7. The summed E-state index contributed by atoms with van der Waals surface area (Å²) in [5.41, 5.74) is -1.62. The summed E-state index contributed by atoms with van der Waals surface area (Å²) in [5.74, 6) is -2.10. The summed E-state index contributed by atoms with van der Waals surface area (Å²) >= 11 is 5.71. The van der Waals surface area contributed by atoms with Crippen LogP contribution in [0.2, 0.25) is 5.02 Å². The minimum atomic E-state index is -4.47. The van der Waals surface area contributed by atoms with Crippen LogP contribution in [0.25, 0.3) is 0 Å². The first-order chi connectivity index (χ1) is 14.1. The molecule has 0 aliphatic carbocycles. The third-order valence-electron chi connectivity index (χ3n) is 5.26. The van der Waals surface area contributed by atoms with Crippen molar-refractivity contribution >= 4 is 29.2 Å². The number of halogens is 5. The van der Waals surface area contributed by atoms with E-state index in [4.69, 9.17) is 11.6 Å². The van der Waals surface area contributed by atoms with E-state index in [2.05, 4.69) is 10.3 Å². The Bertz CT molecular complexity index is 1010. The zero-order valence-corrected chi connectivity index (χ0v) is 16.1. The van der Waals surface area contributed by atoms with Gasteiger partial charge in [-0.25, -0.2) is 9.37 Å². The average molecular weight is 443 g/mol. The lowest BCUT2D eigenvalue weighted by Gasteiger charge is -2.53. The Labute approximate surface area is 173 Å². The van der Waals surface area contributed by atoms with Crippen LogP contribution in [-0.2, 0) is 22.3 Å². The van der Waals surface area contributed by atoms with E-state index in [9.17, 15) is 27.2 Å². The number of hydrogen-bond acceptors (Lipinski definition) is 4. The zero-order chi connectivity index (χ0) is 21.7. The van der Waals surface area contributed by atoms with Crippen LogP contribution in [0, 0.1) is 5.82 Å². The van der Waals surface area contributed by atoms with Gasteiger partial charge in [0, 0.05) is 25.8 Å². The predicted octanol–water partition coefficient (Wildman–Crippen LogP) is 2.61. The first-order valence-corrected chi connectivity index (χ1v) is 9.30. The number of carbonyl (C=O) groups is 2. The summed E-state index contributed by atoms with van der Waals surface area (Å²) in [5, 5.41) is 2.99. The van der Waals surface area contributed by atoms with Crippen molar-refractivity contribution in [2.24, 2.45) is 0 Å². The van der Waals surface area contributed by atoms with Gasteiger partial charge in [-0.05, 0) is 23.8 Å². The van der Waals surface area contributed by atoms with Gasteiger partial charge < -0.3 is 10.2 Å². The highest BCUT2D eigenvalue weighted by Gasteiger charge is 2.57. The summed E-state index contributed by atoms with van der Waals surface area (Å²) in [4.78, 5) is 32.3. The highest BCUT2D eigenvalue weighted by atomic mass is 35.5. The molecule has 0 atom stereocenters. The molecule has 2 aliphatic rings.